The molecule has 1 aromatic rings. The molecule has 3 rings (SSSR count). The highest BCUT2D eigenvalue weighted by Gasteiger charge is 2.53. The summed E-state index contributed by atoms with van der Waals surface area (Å²) in [4.78, 5) is 37.8. The van der Waals surface area contributed by atoms with Crippen molar-refractivity contribution in [1.82, 2.24) is 4.90 Å². The summed E-state index contributed by atoms with van der Waals surface area (Å²) in [6.07, 6.45) is 0.0732. The summed E-state index contributed by atoms with van der Waals surface area (Å²) in [5.41, 5.74) is 0.284. The molecule has 2 aliphatic rings. The third-order valence-electron chi connectivity index (χ3n) is 4.47. The molecule has 0 spiro atoms. The maximum absolute atomic E-state index is 13.2. The molecule has 8 heteroatoms. The Morgan fingerprint density at radius 3 is 2.96 bits per heavy atom. The lowest BCUT2D eigenvalue weighted by molar-refractivity contribution is -0.160. The van der Waals surface area contributed by atoms with Crippen LogP contribution in [0.3, 0.4) is 0 Å². The van der Waals surface area contributed by atoms with Crippen LogP contribution in [-0.4, -0.2) is 45.5 Å². The van der Waals surface area contributed by atoms with E-state index in [1.807, 2.05) is 6.92 Å². The minimum absolute atomic E-state index is 0.0636. The third-order valence-corrected chi connectivity index (χ3v) is 5.98. The molecule has 2 saturated heterocycles. The third kappa shape index (κ3) is 3.49. The summed E-state index contributed by atoms with van der Waals surface area (Å²) in [6.45, 7) is 3.38. The molecule has 2 fully saturated rings. The number of carbonyl (C=O) groups excluding carboxylic acids is 3. The fourth-order valence-electron chi connectivity index (χ4n) is 3.11. The van der Waals surface area contributed by atoms with Crippen LogP contribution < -0.4 is 5.32 Å². The Morgan fingerprint density at radius 1 is 1.48 bits per heavy atom. The zero-order valence-electron chi connectivity index (χ0n) is 14.0. The molecule has 0 aliphatic carbocycles. The SMILES string of the molecule is C[C@H](OC(=O)[C@H]1CS[C@@]2(C)CCC(=O)N12)C(=O)Nc1cccc(F)c1. The number of carbonyl (C=O) groups is 3. The maximum atomic E-state index is 13.2. The zero-order chi connectivity index (χ0) is 18.2. The fraction of sp³-hybridized carbons (Fsp3) is 0.471. The molecule has 0 radical (unpaired) electrons. The highest BCUT2D eigenvalue weighted by molar-refractivity contribution is 8.01. The molecule has 6 nitrogen and oxygen atoms in total. The monoisotopic (exact) mass is 366 g/mol. The van der Waals surface area contributed by atoms with Gasteiger partial charge in [0.15, 0.2) is 6.10 Å². The molecule has 0 unspecified atom stereocenters. The summed E-state index contributed by atoms with van der Waals surface area (Å²) >= 11 is 1.56. The van der Waals surface area contributed by atoms with Gasteiger partial charge in [-0.25, -0.2) is 9.18 Å². The number of rotatable bonds is 4. The van der Waals surface area contributed by atoms with Gasteiger partial charge in [0, 0.05) is 17.9 Å². The first-order valence-electron chi connectivity index (χ1n) is 8.03. The number of thioether (sulfide) groups is 1. The Morgan fingerprint density at radius 2 is 2.24 bits per heavy atom. The van der Waals surface area contributed by atoms with E-state index < -0.39 is 29.8 Å². The van der Waals surface area contributed by atoms with Gasteiger partial charge in [-0.1, -0.05) is 6.07 Å². The van der Waals surface area contributed by atoms with E-state index in [-0.39, 0.29) is 16.5 Å². The number of ether oxygens (including phenoxy) is 1. The Balaban J connectivity index is 1.61. The first kappa shape index (κ1) is 17.7. The van der Waals surface area contributed by atoms with Crippen molar-refractivity contribution in [3.63, 3.8) is 0 Å². The van der Waals surface area contributed by atoms with Gasteiger partial charge < -0.3 is 15.0 Å². The van der Waals surface area contributed by atoms with E-state index in [4.69, 9.17) is 4.74 Å². The Bertz CT molecular complexity index is 728. The molecule has 2 aliphatic heterocycles. The van der Waals surface area contributed by atoms with Crippen LogP contribution in [-0.2, 0) is 19.1 Å². The number of hydrogen-bond acceptors (Lipinski definition) is 5. The molecule has 1 N–H and O–H groups in total. The number of esters is 1. The Hall–Kier alpha value is -2.09. The van der Waals surface area contributed by atoms with E-state index in [1.54, 1.807) is 16.7 Å². The fourth-order valence-corrected chi connectivity index (χ4v) is 4.53. The number of halogens is 1. The topological polar surface area (TPSA) is 75.7 Å². The van der Waals surface area contributed by atoms with Crippen molar-refractivity contribution in [2.75, 3.05) is 11.1 Å². The smallest absolute Gasteiger partial charge is 0.330 e. The number of benzene rings is 1. The van der Waals surface area contributed by atoms with Crippen LogP contribution in [0.2, 0.25) is 0 Å². The summed E-state index contributed by atoms with van der Waals surface area (Å²) in [5, 5.41) is 2.50. The summed E-state index contributed by atoms with van der Waals surface area (Å²) in [7, 11) is 0. The van der Waals surface area contributed by atoms with Crippen LogP contribution >= 0.6 is 11.8 Å². The van der Waals surface area contributed by atoms with Crippen LogP contribution in [0.5, 0.6) is 0 Å². The quantitative estimate of drug-likeness (QED) is 0.827. The minimum Gasteiger partial charge on any atom is -0.451 e. The lowest BCUT2D eigenvalue weighted by Crippen LogP contribution is -2.48. The molecular weight excluding hydrogens is 347 g/mol. The largest absolute Gasteiger partial charge is 0.451 e. The molecule has 0 aromatic heterocycles. The van der Waals surface area contributed by atoms with E-state index in [0.717, 1.165) is 0 Å². The van der Waals surface area contributed by atoms with Crippen LogP contribution in [0.15, 0.2) is 24.3 Å². The van der Waals surface area contributed by atoms with Crippen molar-refractivity contribution in [2.24, 2.45) is 0 Å². The van der Waals surface area contributed by atoms with Gasteiger partial charge in [-0.15, -0.1) is 11.8 Å². The molecule has 2 heterocycles. The van der Waals surface area contributed by atoms with Crippen LogP contribution in [0.4, 0.5) is 10.1 Å². The average molecular weight is 366 g/mol. The van der Waals surface area contributed by atoms with Gasteiger partial charge in [-0.2, -0.15) is 0 Å². The number of fused-ring (bicyclic) bond motifs is 1. The maximum Gasteiger partial charge on any atom is 0.330 e. The highest BCUT2D eigenvalue weighted by Crippen LogP contribution is 2.47. The van der Waals surface area contributed by atoms with Gasteiger partial charge in [0.05, 0.1) is 4.87 Å². The van der Waals surface area contributed by atoms with Gasteiger partial charge in [-0.3, -0.25) is 9.59 Å². The summed E-state index contributed by atoms with van der Waals surface area (Å²) in [6, 6.07) is 4.78. The van der Waals surface area contributed by atoms with E-state index in [2.05, 4.69) is 5.32 Å². The van der Waals surface area contributed by atoms with Crippen molar-refractivity contribution >= 4 is 35.2 Å². The van der Waals surface area contributed by atoms with Crippen molar-refractivity contribution in [2.45, 2.75) is 43.7 Å². The number of anilines is 1. The molecule has 3 atom stereocenters. The normalized spacial score (nSPS) is 26.3. The number of hydrogen-bond donors (Lipinski definition) is 1. The lowest BCUT2D eigenvalue weighted by Gasteiger charge is -2.29. The molecule has 134 valence electrons. The highest BCUT2D eigenvalue weighted by atomic mass is 32.2. The first-order chi connectivity index (χ1) is 11.8. The molecule has 0 saturated carbocycles. The summed E-state index contributed by atoms with van der Waals surface area (Å²) in [5.74, 6) is -1.23. The second-order valence-electron chi connectivity index (χ2n) is 6.34. The molecule has 25 heavy (non-hydrogen) atoms. The van der Waals surface area contributed by atoms with E-state index >= 15 is 0 Å². The van der Waals surface area contributed by atoms with Gasteiger partial charge >= 0.3 is 5.97 Å². The predicted molar refractivity (Wildman–Crippen MR) is 91.3 cm³/mol. The number of nitrogens with zero attached hydrogens (tertiary/aromatic N) is 1. The second kappa shape index (κ2) is 6.67. The van der Waals surface area contributed by atoms with E-state index in [0.29, 0.717) is 18.6 Å². The van der Waals surface area contributed by atoms with Crippen LogP contribution in [0, 0.1) is 5.82 Å². The Labute approximate surface area is 149 Å². The molecule has 2 amide bonds. The van der Waals surface area contributed by atoms with E-state index in [9.17, 15) is 18.8 Å². The minimum atomic E-state index is -1.05. The van der Waals surface area contributed by atoms with E-state index in [1.165, 1.54) is 31.2 Å². The van der Waals surface area contributed by atoms with Crippen molar-refractivity contribution in [3.05, 3.63) is 30.1 Å². The molecular formula is C17H19FN2O4S. The Kier molecular flexibility index (Phi) is 4.73. The van der Waals surface area contributed by atoms with Crippen molar-refractivity contribution < 1.29 is 23.5 Å². The van der Waals surface area contributed by atoms with Crippen LogP contribution in [0.25, 0.3) is 0 Å². The lowest BCUT2D eigenvalue weighted by atomic mass is 10.2. The van der Waals surface area contributed by atoms with Crippen LogP contribution in [0.1, 0.15) is 26.7 Å². The van der Waals surface area contributed by atoms with Gasteiger partial charge in [0.2, 0.25) is 5.91 Å². The number of nitrogens with one attached hydrogen (secondary N) is 1. The average Bonchev–Trinajstić information content (AvgIpc) is 3.04. The molecule has 1 aromatic carbocycles. The zero-order valence-corrected chi connectivity index (χ0v) is 14.8. The van der Waals surface area contributed by atoms with Crippen molar-refractivity contribution in [3.8, 4) is 0 Å². The second-order valence-corrected chi connectivity index (χ2v) is 7.85. The van der Waals surface area contributed by atoms with Gasteiger partial charge in [-0.05, 0) is 38.5 Å². The van der Waals surface area contributed by atoms with Gasteiger partial charge in [0.25, 0.3) is 5.91 Å². The summed E-state index contributed by atoms with van der Waals surface area (Å²) < 4.78 is 18.4. The number of amides is 2. The standard InChI is InChI=1S/C17H19FN2O4S/c1-10(15(22)19-12-5-3-4-11(18)8-12)24-16(23)13-9-25-17(2)7-6-14(21)20(13)17/h3-5,8,10,13H,6-7,9H2,1-2H3,(H,19,22)/t10-,13+,17-/m0/s1. The van der Waals surface area contributed by atoms with Gasteiger partial charge in [0.1, 0.15) is 11.9 Å². The van der Waals surface area contributed by atoms with Crippen molar-refractivity contribution in [1.29, 1.82) is 0 Å². The first-order valence-corrected chi connectivity index (χ1v) is 9.02. The molecule has 0 bridgehead atoms. The predicted octanol–water partition coefficient (Wildman–Crippen LogP) is 2.15.